The van der Waals surface area contributed by atoms with Gasteiger partial charge in [0.15, 0.2) is 5.69 Å². The highest BCUT2D eigenvalue weighted by Gasteiger charge is 2.30. The van der Waals surface area contributed by atoms with Gasteiger partial charge in [-0.15, -0.1) is 0 Å². The van der Waals surface area contributed by atoms with Crippen LogP contribution in [-0.4, -0.2) is 76.4 Å². The number of carbonyl (C=O) groups is 3. The number of nitrogens with one attached hydrogen (secondary N) is 2. The Labute approximate surface area is 222 Å². The maximum Gasteiger partial charge on any atom is 0.321 e. The largest absolute Gasteiger partial charge is 0.347 e. The molecular formula is C27H34N8O3. The van der Waals surface area contributed by atoms with Crippen molar-refractivity contribution in [1.82, 2.24) is 29.7 Å². The van der Waals surface area contributed by atoms with Crippen LogP contribution in [0.2, 0.25) is 0 Å². The Kier molecular flexibility index (Phi) is 7.65. The Bertz CT molecular complexity index is 1330. The second kappa shape index (κ2) is 10.9. The van der Waals surface area contributed by atoms with Gasteiger partial charge >= 0.3 is 6.03 Å². The molecule has 0 spiro atoms. The molecule has 200 valence electrons. The van der Waals surface area contributed by atoms with Crippen molar-refractivity contribution in [1.29, 1.82) is 0 Å². The minimum Gasteiger partial charge on any atom is -0.347 e. The average Bonchev–Trinajstić information content (AvgIpc) is 3.22. The van der Waals surface area contributed by atoms with Crippen molar-refractivity contribution in [2.24, 2.45) is 0 Å². The summed E-state index contributed by atoms with van der Waals surface area (Å²) in [4.78, 5) is 51.4. The normalized spacial score (nSPS) is 14.5. The molecule has 1 atom stereocenters. The van der Waals surface area contributed by atoms with Gasteiger partial charge in [-0.3, -0.25) is 9.59 Å². The Morgan fingerprint density at radius 2 is 1.74 bits per heavy atom. The molecular weight excluding hydrogens is 484 g/mol. The summed E-state index contributed by atoms with van der Waals surface area (Å²) in [5, 5.41) is 5.76. The number of benzene rings is 1. The number of hydrogen-bond acceptors (Lipinski definition) is 6. The van der Waals surface area contributed by atoms with Crippen molar-refractivity contribution in [2.75, 3.05) is 38.4 Å². The van der Waals surface area contributed by atoms with Crippen molar-refractivity contribution >= 4 is 29.4 Å². The summed E-state index contributed by atoms with van der Waals surface area (Å²) in [6, 6.07) is 10.9. The molecule has 2 N–H and O–H groups in total. The van der Waals surface area contributed by atoms with E-state index in [4.69, 9.17) is 0 Å². The van der Waals surface area contributed by atoms with Crippen molar-refractivity contribution in [3.8, 4) is 0 Å². The number of carbonyl (C=O) groups excluding carboxylic acids is 3. The molecule has 4 amide bonds. The molecule has 2 aromatic heterocycles. The fraction of sp³-hybridized carbons (Fsp3) is 0.370. The molecule has 0 aliphatic carbocycles. The zero-order valence-corrected chi connectivity index (χ0v) is 22.6. The van der Waals surface area contributed by atoms with Crippen LogP contribution in [0.4, 0.5) is 16.3 Å². The lowest BCUT2D eigenvalue weighted by molar-refractivity contribution is 0.0826. The van der Waals surface area contributed by atoms with Crippen LogP contribution in [-0.2, 0) is 19.6 Å². The predicted molar refractivity (Wildman–Crippen MR) is 145 cm³/mol. The van der Waals surface area contributed by atoms with Crippen LogP contribution in [0.5, 0.6) is 0 Å². The van der Waals surface area contributed by atoms with Gasteiger partial charge in [0.1, 0.15) is 11.6 Å². The smallest absolute Gasteiger partial charge is 0.321 e. The van der Waals surface area contributed by atoms with Crippen LogP contribution in [0, 0.1) is 6.92 Å². The number of fused-ring (bicyclic) bond motifs is 1. The number of aryl methyl sites for hydroxylation is 1. The van der Waals surface area contributed by atoms with Crippen molar-refractivity contribution in [3.63, 3.8) is 0 Å². The van der Waals surface area contributed by atoms with E-state index in [1.807, 2.05) is 25.1 Å². The first-order valence-corrected chi connectivity index (χ1v) is 12.4. The molecule has 3 aromatic rings. The number of urea groups is 1. The number of aromatic nitrogens is 3. The van der Waals surface area contributed by atoms with E-state index in [-0.39, 0.29) is 23.9 Å². The van der Waals surface area contributed by atoms with Gasteiger partial charge in [0.2, 0.25) is 0 Å². The number of hydrogen-bond donors (Lipinski definition) is 2. The third kappa shape index (κ3) is 5.61. The highest BCUT2D eigenvalue weighted by atomic mass is 16.2. The SMILES string of the molecule is Cc1nc(C(=O)NCc2ccc(NC(=O)N(C)C)cc2)c2n1C[C@@H](C)N(c1ccc(C(=O)N(C)C)cn1)C2. The molecule has 3 heterocycles. The van der Waals surface area contributed by atoms with Crippen molar-refractivity contribution in [3.05, 3.63) is 70.9 Å². The van der Waals surface area contributed by atoms with E-state index >= 15 is 0 Å². The first-order valence-electron chi connectivity index (χ1n) is 12.4. The van der Waals surface area contributed by atoms with Gasteiger partial charge in [0.05, 0.1) is 17.8 Å². The van der Waals surface area contributed by atoms with E-state index < -0.39 is 0 Å². The lowest BCUT2D eigenvalue weighted by Gasteiger charge is -2.36. The minimum atomic E-state index is -0.249. The van der Waals surface area contributed by atoms with E-state index in [1.54, 1.807) is 52.6 Å². The fourth-order valence-electron chi connectivity index (χ4n) is 4.33. The highest BCUT2D eigenvalue weighted by Crippen LogP contribution is 2.27. The maximum atomic E-state index is 13.2. The Morgan fingerprint density at radius 1 is 1.03 bits per heavy atom. The Morgan fingerprint density at radius 3 is 2.34 bits per heavy atom. The molecule has 0 saturated heterocycles. The monoisotopic (exact) mass is 518 g/mol. The number of rotatable bonds is 6. The first kappa shape index (κ1) is 26.6. The maximum absolute atomic E-state index is 13.2. The van der Waals surface area contributed by atoms with Gasteiger partial charge in [-0.1, -0.05) is 12.1 Å². The van der Waals surface area contributed by atoms with Crippen LogP contribution in [0.15, 0.2) is 42.6 Å². The molecule has 0 radical (unpaired) electrons. The number of nitrogens with zero attached hydrogens (tertiary/aromatic N) is 6. The van der Waals surface area contributed by atoms with Crippen LogP contribution in [0.25, 0.3) is 0 Å². The van der Waals surface area contributed by atoms with Gasteiger partial charge in [0, 0.05) is 59.2 Å². The third-order valence-corrected chi connectivity index (χ3v) is 6.54. The summed E-state index contributed by atoms with van der Waals surface area (Å²) in [5.74, 6) is 1.18. The summed E-state index contributed by atoms with van der Waals surface area (Å²) in [5.41, 5.74) is 3.33. The molecule has 1 aromatic carbocycles. The number of anilines is 2. The third-order valence-electron chi connectivity index (χ3n) is 6.54. The number of imidazole rings is 1. The predicted octanol–water partition coefficient (Wildman–Crippen LogP) is 2.72. The molecule has 11 nitrogen and oxygen atoms in total. The Hall–Kier alpha value is -4.41. The van der Waals surface area contributed by atoms with Gasteiger partial charge in [0.25, 0.3) is 11.8 Å². The molecule has 1 aliphatic rings. The lowest BCUT2D eigenvalue weighted by Crippen LogP contribution is -2.42. The average molecular weight is 519 g/mol. The lowest BCUT2D eigenvalue weighted by atomic mass is 10.1. The molecule has 0 saturated carbocycles. The van der Waals surface area contributed by atoms with Crippen LogP contribution >= 0.6 is 0 Å². The van der Waals surface area contributed by atoms with Gasteiger partial charge in [-0.25, -0.2) is 14.8 Å². The second-order valence-corrected chi connectivity index (χ2v) is 9.85. The molecule has 0 fully saturated rings. The molecule has 0 bridgehead atoms. The highest BCUT2D eigenvalue weighted by molar-refractivity contribution is 5.94. The van der Waals surface area contributed by atoms with E-state index in [0.29, 0.717) is 36.6 Å². The van der Waals surface area contributed by atoms with E-state index in [1.165, 1.54) is 9.80 Å². The van der Waals surface area contributed by atoms with Crippen LogP contribution in [0.1, 0.15) is 44.9 Å². The minimum absolute atomic E-state index is 0.101. The standard InChI is InChI=1S/C27H34N8O3/c1-17-15-35-18(2)30-24(22(35)16-34(17)23-12-9-20(14-28-23)26(37)32(3)4)25(36)29-13-19-7-10-21(11-8-19)31-27(38)33(5)6/h7-12,14,17H,13,15-16H2,1-6H3,(H,29,36)(H,31,38)/t17-/m1/s1. The van der Waals surface area contributed by atoms with Crippen LogP contribution in [0.3, 0.4) is 0 Å². The molecule has 4 rings (SSSR count). The Balaban J connectivity index is 1.46. The summed E-state index contributed by atoms with van der Waals surface area (Å²) in [6.07, 6.45) is 1.59. The number of amides is 4. The molecule has 38 heavy (non-hydrogen) atoms. The molecule has 0 unspecified atom stereocenters. The van der Waals surface area contributed by atoms with E-state index in [9.17, 15) is 14.4 Å². The van der Waals surface area contributed by atoms with E-state index in [2.05, 4.69) is 37.0 Å². The summed E-state index contributed by atoms with van der Waals surface area (Å²) >= 11 is 0. The zero-order valence-electron chi connectivity index (χ0n) is 22.6. The van der Waals surface area contributed by atoms with Crippen molar-refractivity contribution in [2.45, 2.75) is 39.5 Å². The summed E-state index contributed by atoms with van der Waals surface area (Å²) in [6.45, 7) is 5.48. The zero-order chi connectivity index (χ0) is 27.6. The first-order chi connectivity index (χ1) is 18.0. The molecule has 11 heteroatoms. The fourth-order valence-corrected chi connectivity index (χ4v) is 4.33. The summed E-state index contributed by atoms with van der Waals surface area (Å²) in [7, 11) is 6.77. The number of pyridine rings is 1. The second-order valence-electron chi connectivity index (χ2n) is 9.85. The van der Waals surface area contributed by atoms with Crippen molar-refractivity contribution < 1.29 is 14.4 Å². The van der Waals surface area contributed by atoms with Crippen LogP contribution < -0.4 is 15.5 Å². The topological polar surface area (TPSA) is 116 Å². The summed E-state index contributed by atoms with van der Waals surface area (Å²) < 4.78 is 2.09. The van der Waals surface area contributed by atoms with Gasteiger partial charge in [-0.2, -0.15) is 0 Å². The van der Waals surface area contributed by atoms with Gasteiger partial charge in [-0.05, 0) is 43.7 Å². The molecule has 1 aliphatic heterocycles. The van der Waals surface area contributed by atoms with Gasteiger partial charge < -0.3 is 29.9 Å². The quantitative estimate of drug-likeness (QED) is 0.519. The van der Waals surface area contributed by atoms with E-state index in [0.717, 1.165) is 22.9 Å².